The minimum atomic E-state index is -0.722. The number of carbonyl (C=O) groups is 2. The fraction of sp³-hybridized carbons (Fsp3) is 0.778. The largest absolute Gasteiger partial charge is 0.377 e. The number of halogens is 1. The first-order chi connectivity index (χ1) is 6.97. The molecule has 88 valence electrons. The summed E-state index contributed by atoms with van der Waals surface area (Å²) in [6, 6.07) is -0.556. The van der Waals surface area contributed by atoms with Gasteiger partial charge in [-0.05, 0) is 20.8 Å². The monoisotopic (exact) mass is 236 g/mol. The van der Waals surface area contributed by atoms with E-state index in [1.807, 2.05) is 13.8 Å². The van der Waals surface area contributed by atoms with E-state index < -0.39 is 17.3 Å². The summed E-state index contributed by atoms with van der Waals surface area (Å²) in [5.41, 5.74) is 0. The number of rotatable bonds is 5. The van der Waals surface area contributed by atoms with E-state index in [1.54, 1.807) is 0 Å². The Labute approximate surface area is 94.5 Å². The average Bonchev–Trinajstić information content (AvgIpc) is 2.15. The van der Waals surface area contributed by atoms with E-state index in [0.29, 0.717) is 13.2 Å². The summed E-state index contributed by atoms with van der Waals surface area (Å²) in [4.78, 5) is 22.1. The van der Waals surface area contributed by atoms with E-state index >= 15 is 0 Å². The van der Waals surface area contributed by atoms with Gasteiger partial charge in [-0.2, -0.15) is 0 Å². The van der Waals surface area contributed by atoms with Gasteiger partial charge in [0.2, 0.25) is 5.91 Å². The molecule has 6 heteroatoms. The van der Waals surface area contributed by atoms with Crippen molar-refractivity contribution in [2.24, 2.45) is 0 Å². The number of imide groups is 1. The Morgan fingerprint density at radius 2 is 2.00 bits per heavy atom. The Morgan fingerprint density at radius 3 is 2.47 bits per heavy atom. The third-order valence-electron chi connectivity index (χ3n) is 1.60. The van der Waals surface area contributed by atoms with Crippen LogP contribution in [0.5, 0.6) is 0 Å². The molecule has 0 bridgehead atoms. The molecule has 0 fully saturated rings. The zero-order valence-corrected chi connectivity index (χ0v) is 9.93. The van der Waals surface area contributed by atoms with Crippen LogP contribution in [0.25, 0.3) is 0 Å². The van der Waals surface area contributed by atoms with Crippen LogP contribution in [0.2, 0.25) is 0 Å². The van der Waals surface area contributed by atoms with Gasteiger partial charge in [0.25, 0.3) is 0 Å². The van der Waals surface area contributed by atoms with Crippen molar-refractivity contribution in [1.82, 2.24) is 10.6 Å². The average molecular weight is 237 g/mol. The van der Waals surface area contributed by atoms with Gasteiger partial charge in [-0.25, -0.2) is 4.79 Å². The van der Waals surface area contributed by atoms with Gasteiger partial charge < -0.3 is 10.1 Å². The number of hydrogen-bond donors (Lipinski definition) is 2. The van der Waals surface area contributed by atoms with E-state index in [0.717, 1.165) is 0 Å². The van der Waals surface area contributed by atoms with E-state index in [-0.39, 0.29) is 6.10 Å². The van der Waals surface area contributed by atoms with Crippen molar-refractivity contribution in [3.05, 3.63) is 0 Å². The fourth-order valence-electron chi connectivity index (χ4n) is 0.835. The van der Waals surface area contributed by atoms with Crippen LogP contribution in [0, 0.1) is 0 Å². The molecule has 0 radical (unpaired) electrons. The molecule has 0 spiro atoms. The number of urea groups is 1. The third kappa shape index (κ3) is 7.16. The Morgan fingerprint density at radius 1 is 1.40 bits per heavy atom. The third-order valence-corrected chi connectivity index (χ3v) is 1.80. The van der Waals surface area contributed by atoms with Crippen molar-refractivity contribution in [2.75, 3.05) is 13.2 Å². The second-order valence-electron chi connectivity index (χ2n) is 3.08. The predicted octanol–water partition coefficient (Wildman–Crippen LogP) is 0.865. The Balaban J connectivity index is 3.71. The summed E-state index contributed by atoms with van der Waals surface area (Å²) in [5, 5.41) is 3.88. The van der Waals surface area contributed by atoms with Crippen molar-refractivity contribution in [3.8, 4) is 0 Å². The number of hydrogen-bond acceptors (Lipinski definition) is 3. The summed E-state index contributed by atoms with van der Waals surface area (Å²) < 4.78 is 5.19. The SMILES string of the molecule is CCOC(C)CNC(=O)NC(=O)C(C)Cl. The normalized spacial score (nSPS) is 14.1. The number of amides is 3. The maximum absolute atomic E-state index is 11.1. The van der Waals surface area contributed by atoms with Gasteiger partial charge in [0.15, 0.2) is 0 Å². The lowest BCUT2D eigenvalue weighted by Crippen LogP contribution is -2.44. The van der Waals surface area contributed by atoms with E-state index in [2.05, 4.69) is 10.6 Å². The molecule has 0 aromatic carbocycles. The van der Waals surface area contributed by atoms with Crippen LogP contribution in [0.4, 0.5) is 4.79 Å². The van der Waals surface area contributed by atoms with Gasteiger partial charge in [0, 0.05) is 13.2 Å². The number of ether oxygens (including phenoxy) is 1. The Hall–Kier alpha value is -0.810. The molecule has 0 saturated carbocycles. The Kier molecular flexibility index (Phi) is 7.07. The van der Waals surface area contributed by atoms with Gasteiger partial charge in [-0.1, -0.05) is 0 Å². The molecular weight excluding hydrogens is 220 g/mol. The maximum Gasteiger partial charge on any atom is 0.321 e. The molecule has 2 unspecified atom stereocenters. The number of alkyl halides is 1. The van der Waals surface area contributed by atoms with Crippen molar-refractivity contribution >= 4 is 23.5 Å². The van der Waals surface area contributed by atoms with Gasteiger partial charge >= 0.3 is 6.03 Å². The van der Waals surface area contributed by atoms with Crippen molar-refractivity contribution in [2.45, 2.75) is 32.3 Å². The molecule has 0 aliphatic rings. The molecule has 2 N–H and O–H groups in total. The zero-order chi connectivity index (χ0) is 11.8. The first-order valence-corrected chi connectivity index (χ1v) is 5.25. The summed E-state index contributed by atoms with van der Waals surface area (Å²) in [7, 11) is 0. The van der Waals surface area contributed by atoms with E-state index in [1.165, 1.54) is 6.92 Å². The number of nitrogens with one attached hydrogen (secondary N) is 2. The highest BCUT2D eigenvalue weighted by atomic mass is 35.5. The second kappa shape index (κ2) is 7.48. The van der Waals surface area contributed by atoms with E-state index in [9.17, 15) is 9.59 Å². The standard InChI is InChI=1S/C9H17ClN2O3/c1-4-15-6(2)5-11-9(14)12-8(13)7(3)10/h6-7H,4-5H2,1-3H3,(H2,11,12,13,14). The van der Waals surface area contributed by atoms with Gasteiger partial charge in [-0.3, -0.25) is 10.1 Å². The first kappa shape index (κ1) is 14.2. The summed E-state index contributed by atoms with van der Waals surface area (Å²) in [5.74, 6) is -0.516. The van der Waals surface area contributed by atoms with Crippen molar-refractivity contribution < 1.29 is 14.3 Å². The zero-order valence-electron chi connectivity index (χ0n) is 9.17. The molecular formula is C9H17ClN2O3. The quantitative estimate of drug-likeness (QED) is 0.696. The molecule has 0 heterocycles. The van der Waals surface area contributed by atoms with Gasteiger partial charge in [0.1, 0.15) is 5.38 Å². The van der Waals surface area contributed by atoms with Crippen LogP contribution in [-0.2, 0) is 9.53 Å². The summed E-state index contributed by atoms with van der Waals surface area (Å²) >= 11 is 5.47. The first-order valence-electron chi connectivity index (χ1n) is 4.81. The molecule has 0 aromatic heterocycles. The molecule has 3 amide bonds. The molecule has 15 heavy (non-hydrogen) atoms. The van der Waals surface area contributed by atoms with Gasteiger partial charge in [-0.15, -0.1) is 11.6 Å². The van der Waals surface area contributed by atoms with Crippen LogP contribution >= 0.6 is 11.6 Å². The van der Waals surface area contributed by atoms with Crippen molar-refractivity contribution in [1.29, 1.82) is 0 Å². The molecule has 5 nitrogen and oxygen atoms in total. The maximum atomic E-state index is 11.1. The number of carbonyl (C=O) groups excluding carboxylic acids is 2. The molecule has 0 saturated heterocycles. The van der Waals surface area contributed by atoms with Crippen LogP contribution in [0.1, 0.15) is 20.8 Å². The van der Waals surface area contributed by atoms with E-state index in [4.69, 9.17) is 16.3 Å². The lowest BCUT2D eigenvalue weighted by molar-refractivity contribution is -0.119. The minimum Gasteiger partial charge on any atom is -0.377 e. The Bertz CT molecular complexity index is 221. The topological polar surface area (TPSA) is 67.4 Å². The highest BCUT2D eigenvalue weighted by molar-refractivity contribution is 6.31. The molecule has 2 atom stereocenters. The van der Waals surface area contributed by atoms with Gasteiger partial charge in [0.05, 0.1) is 6.10 Å². The molecule has 0 aliphatic heterocycles. The fourth-order valence-corrected chi connectivity index (χ4v) is 0.890. The molecule has 0 rings (SSSR count). The van der Waals surface area contributed by atoms with Crippen LogP contribution in [0.3, 0.4) is 0 Å². The van der Waals surface area contributed by atoms with Crippen LogP contribution in [-0.4, -0.2) is 36.6 Å². The lowest BCUT2D eigenvalue weighted by atomic mass is 10.4. The highest BCUT2D eigenvalue weighted by Gasteiger charge is 2.13. The predicted molar refractivity (Wildman–Crippen MR) is 57.9 cm³/mol. The van der Waals surface area contributed by atoms with Crippen molar-refractivity contribution in [3.63, 3.8) is 0 Å². The summed E-state index contributed by atoms with van der Waals surface area (Å²) in [6.07, 6.45) is -0.0794. The molecule has 0 aromatic rings. The minimum absolute atomic E-state index is 0.0794. The molecule has 0 aliphatic carbocycles. The smallest absolute Gasteiger partial charge is 0.321 e. The lowest BCUT2D eigenvalue weighted by Gasteiger charge is -2.13. The highest BCUT2D eigenvalue weighted by Crippen LogP contribution is 1.92. The van der Waals surface area contributed by atoms with Crippen LogP contribution < -0.4 is 10.6 Å². The van der Waals surface area contributed by atoms with Crippen LogP contribution in [0.15, 0.2) is 0 Å². The summed E-state index contributed by atoms with van der Waals surface area (Å²) in [6.45, 7) is 6.13. The second-order valence-corrected chi connectivity index (χ2v) is 3.74.